The number of ether oxygens (including phenoxy) is 5. The predicted molar refractivity (Wildman–Crippen MR) is 229 cm³/mol. The van der Waals surface area contributed by atoms with Crippen LogP contribution in [0.25, 0.3) is 6.08 Å². The fraction of sp³-hybridized carbons (Fsp3) is 0.196. The molecule has 0 N–H and O–H groups in total. The minimum absolute atomic E-state index is 0.0644. The van der Waals surface area contributed by atoms with E-state index in [-0.39, 0.29) is 73.8 Å². The van der Waals surface area contributed by atoms with Gasteiger partial charge in [0.15, 0.2) is 23.0 Å². The zero-order valence-electron chi connectivity index (χ0n) is 35.8. The maximum atomic E-state index is 13.1. The topological polar surface area (TPSA) is 63.2 Å². The molecule has 6 nitrogen and oxygen atoms in total. The van der Waals surface area contributed by atoms with Crippen LogP contribution in [0.15, 0.2) is 151 Å². The van der Waals surface area contributed by atoms with Crippen LogP contribution in [0.5, 0.6) is 23.0 Å². The van der Waals surface area contributed by atoms with Crippen LogP contribution in [-0.2, 0) is 67.1 Å². The Morgan fingerprint density at radius 2 is 0.739 bits per heavy atom. The van der Waals surface area contributed by atoms with Crippen molar-refractivity contribution in [3.05, 3.63) is 207 Å². The Balaban J connectivity index is 1.15. The Kier molecular flexibility index (Phi) is 16.1. The van der Waals surface area contributed by atoms with Crippen molar-refractivity contribution in [2.45, 2.75) is 57.6 Å². The minimum atomic E-state index is -4.56. The standard InChI is InChI=1S/C51H38F12O6/c1-32(22-37-10-20-44(66-27-33-2-12-40(13-3-33)48(52,53)54)46(24-37)68-29-35-6-16-42(17-7-35)50(58,59)60)65-31-39(26-64)23-38-11-21-45(67-28-34-4-14-41(15-5-34)49(55,56)57)47(25-38)69-30-36-8-18-43(19-9-36)51(61,62)63/h2-21,23-26H,1,22,27-31H2/b39-23+. The number of alkyl halides is 12. The molecule has 0 fully saturated rings. The SMILES string of the molecule is C=C(Cc1ccc(OCc2ccc(C(F)(F)F)cc2)c(OCc2ccc(C(F)(F)F)cc2)c1)OC/C(C=O)=C/c1ccc(OCc2ccc(C(F)(F)F)cc2)c(OCc2ccc(C(F)(F)F)cc2)c1. The molecule has 0 aliphatic carbocycles. The van der Waals surface area contributed by atoms with E-state index < -0.39 is 47.0 Å². The lowest BCUT2D eigenvalue weighted by atomic mass is 10.1. The van der Waals surface area contributed by atoms with Crippen LogP contribution in [0.3, 0.4) is 0 Å². The molecule has 362 valence electrons. The van der Waals surface area contributed by atoms with Gasteiger partial charge in [-0.05, 0) is 112 Å². The summed E-state index contributed by atoms with van der Waals surface area (Å²) >= 11 is 0. The molecule has 0 aliphatic heterocycles. The van der Waals surface area contributed by atoms with Gasteiger partial charge in [-0.2, -0.15) is 52.7 Å². The molecule has 6 rings (SSSR count). The fourth-order valence-corrected chi connectivity index (χ4v) is 6.33. The number of hydrogen-bond donors (Lipinski definition) is 0. The lowest BCUT2D eigenvalue weighted by Crippen LogP contribution is -2.06. The van der Waals surface area contributed by atoms with E-state index in [1.54, 1.807) is 18.2 Å². The van der Waals surface area contributed by atoms with Crippen molar-refractivity contribution >= 4 is 12.4 Å². The maximum absolute atomic E-state index is 13.1. The van der Waals surface area contributed by atoms with Gasteiger partial charge in [0, 0.05) is 12.0 Å². The molecular weight excluding hydrogens is 937 g/mol. The van der Waals surface area contributed by atoms with Crippen molar-refractivity contribution in [3.63, 3.8) is 0 Å². The average Bonchev–Trinajstić information content (AvgIpc) is 3.30. The highest BCUT2D eigenvalue weighted by molar-refractivity contribution is 5.82. The molecule has 0 aliphatic rings. The van der Waals surface area contributed by atoms with E-state index in [1.807, 2.05) is 0 Å². The number of allylic oxidation sites excluding steroid dienone is 1. The van der Waals surface area contributed by atoms with Crippen molar-refractivity contribution in [3.8, 4) is 23.0 Å². The molecule has 0 unspecified atom stereocenters. The van der Waals surface area contributed by atoms with Gasteiger partial charge in [0.2, 0.25) is 0 Å². The molecule has 0 bridgehead atoms. The third-order valence-electron chi connectivity index (χ3n) is 10.0. The minimum Gasteiger partial charge on any atom is -0.493 e. The fourth-order valence-electron chi connectivity index (χ4n) is 6.33. The second-order valence-electron chi connectivity index (χ2n) is 15.3. The Morgan fingerprint density at radius 3 is 1.09 bits per heavy atom. The average molecular weight is 975 g/mol. The Morgan fingerprint density at radius 1 is 0.420 bits per heavy atom. The number of halogens is 12. The quantitative estimate of drug-likeness (QED) is 0.0349. The Labute approximate surface area is 387 Å². The van der Waals surface area contributed by atoms with E-state index in [9.17, 15) is 57.5 Å². The molecular formula is C51H38F12O6. The molecule has 0 heterocycles. The normalized spacial score (nSPS) is 12.3. The molecule has 0 amide bonds. The summed E-state index contributed by atoms with van der Waals surface area (Å²) in [7, 11) is 0. The molecule has 0 atom stereocenters. The monoisotopic (exact) mass is 974 g/mol. The first-order chi connectivity index (χ1) is 32.5. The summed E-state index contributed by atoms with van der Waals surface area (Å²) < 4.78 is 187. The van der Waals surface area contributed by atoms with Gasteiger partial charge in [0.1, 0.15) is 39.3 Å². The van der Waals surface area contributed by atoms with Gasteiger partial charge in [-0.1, -0.05) is 67.2 Å². The van der Waals surface area contributed by atoms with Gasteiger partial charge in [-0.3, -0.25) is 4.79 Å². The van der Waals surface area contributed by atoms with Crippen molar-refractivity contribution in [2.24, 2.45) is 0 Å². The third-order valence-corrected chi connectivity index (χ3v) is 10.0. The molecule has 6 aromatic carbocycles. The number of rotatable bonds is 19. The summed E-state index contributed by atoms with van der Waals surface area (Å²) in [5, 5.41) is 0. The van der Waals surface area contributed by atoms with E-state index >= 15 is 0 Å². The summed E-state index contributed by atoms with van der Waals surface area (Å²) in [5.41, 5.74) is -0.768. The van der Waals surface area contributed by atoms with Crippen LogP contribution in [0.1, 0.15) is 55.6 Å². The number of hydrogen-bond acceptors (Lipinski definition) is 6. The molecule has 0 aromatic heterocycles. The number of carbonyl (C=O) groups excluding carboxylic acids is 1. The van der Waals surface area contributed by atoms with Gasteiger partial charge in [-0.25, -0.2) is 0 Å². The van der Waals surface area contributed by atoms with Crippen LogP contribution in [0, 0.1) is 0 Å². The third kappa shape index (κ3) is 15.1. The molecule has 0 spiro atoms. The smallest absolute Gasteiger partial charge is 0.416 e. The maximum Gasteiger partial charge on any atom is 0.416 e. The highest BCUT2D eigenvalue weighted by atomic mass is 19.4. The van der Waals surface area contributed by atoms with Crippen molar-refractivity contribution in [1.82, 2.24) is 0 Å². The summed E-state index contributed by atoms with van der Waals surface area (Å²) in [6, 6.07) is 26.4. The molecule has 6 aromatic rings. The second kappa shape index (κ2) is 21.7. The van der Waals surface area contributed by atoms with E-state index in [0.29, 0.717) is 39.7 Å². The lowest BCUT2D eigenvalue weighted by molar-refractivity contribution is -0.138. The van der Waals surface area contributed by atoms with Crippen LogP contribution >= 0.6 is 0 Å². The Bertz CT molecular complexity index is 2700. The Hall–Kier alpha value is -7.37. The number of aldehydes is 1. The van der Waals surface area contributed by atoms with Crippen molar-refractivity contribution in [2.75, 3.05) is 6.61 Å². The number of carbonyl (C=O) groups is 1. The van der Waals surface area contributed by atoms with E-state index in [2.05, 4.69) is 6.58 Å². The van der Waals surface area contributed by atoms with Crippen LogP contribution < -0.4 is 18.9 Å². The zero-order chi connectivity index (χ0) is 50.0. The van der Waals surface area contributed by atoms with Crippen LogP contribution in [-0.4, -0.2) is 12.9 Å². The highest BCUT2D eigenvalue weighted by Gasteiger charge is 2.32. The van der Waals surface area contributed by atoms with Gasteiger partial charge in [0.05, 0.1) is 28.0 Å². The number of benzene rings is 6. The highest BCUT2D eigenvalue weighted by Crippen LogP contribution is 2.36. The van der Waals surface area contributed by atoms with Gasteiger partial charge in [0.25, 0.3) is 0 Å². The van der Waals surface area contributed by atoms with E-state index in [1.165, 1.54) is 72.8 Å². The van der Waals surface area contributed by atoms with Gasteiger partial charge in [-0.15, -0.1) is 0 Å². The summed E-state index contributed by atoms with van der Waals surface area (Å²) in [4.78, 5) is 12.2. The first kappa shape index (κ1) is 51.0. The van der Waals surface area contributed by atoms with Crippen LogP contribution in [0.4, 0.5) is 52.7 Å². The lowest BCUT2D eigenvalue weighted by Gasteiger charge is -2.16. The van der Waals surface area contributed by atoms with Crippen LogP contribution in [0.2, 0.25) is 0 Å². The molecule has 69 heavy (non-hydrogen) atoms. The van der Waals surface area contributed by atoms with Crippen molar-refractivity contribution in [1.29, 1.82) is 0 Å². The van der Waals surface area contributed by atoms with Crippen molar-refractivity contribution < 1.29 is 81.2 Å². The first-order valence-corrected chi connectivity index (χ1v) is 20.4. The summed E-state index contributed by atoms with van der Waals surface area (Å²) in [5.74, 6) is 0.720. The largest absolute Gasteiger partial charge is 0.493 e. The molecule has 0 radical (unpaired) electrons. The predicted octanol–water partition coefficient (Wildman–Crippen LogP) is 14.4. The zero-order valence-corrected chi connectivity index (χ0v) is 35.8. The molecule has 0 saturated heterocycles. The van der Waals surface area contributed by atoms with E-state index in [0.717, 1.165) is 48.5 Å². The summed E-state index contributed by atoms with van der Waals surface area (Å²) in [6.45, 7) is 2.93. The summed E-state index contributed by atoms with van der Waals surface area (Å²) in [6.07, 6.45) is -16.1. The second-order valence-corrected chi connectivity index (χ2v) is 15.3. The first-order valence-electron chi connectivity index (χ1n) is 20.4. The molecule has 0 saturated carbocycles. The van der Waals surface area contributed by atoms with Gasteiger partial charge < -0.3 is 23.7 Å². The van der Waals surface area contributed by atoms with Gasteiger partial charge >= 0.3 is 24.7 Å². The molecule has 18 heteroatoms. The van der Waals surface area contributed by atoms with E-state index in [4.69, 9.17) is 23.7 Å².